The second-order valence-corrected chi connectivity index (χ2v) is 6.65. The van der Waals surface area contributed by atoms with Crippen molar-refractivity contribution in [3.63, 3.8) is 0 Å². The standard InChI is InChI=1S/C22H12Cl2O2/c23-21(25)19-11-3-7-15-13(5-1-9-17(15)19)14-6-2-10-18-16(14)8-4-12-20(18)22(24)26/h1-12H. The summed E-state index contributed by atoms with van der Waals surface area (Å²) in [6, 6.07) is 22.5. The average Bonchev–Trinajstić information content (AvgIpc) is 2.65. The van der Waals surface area contributed by atoms with Gasteiger partial charge in [-0.05, 0) is 68.0 Å². The van der Waals surface area contributed by atoms with Crippen molar-refractivity contribution in [2.24, 2.45) is 0 Å². The largest absolute Gasteiger partial charge is 0.276 e. The van der Waals surface area contributed by atoms with E-state index in [2.05, 4.69) is 0 Å². The summed E-state index contributed by atoms with van der Waals surface area (Å²) < 4.78 is 0. The van der Waals surface area contributed by atoms with Gasteiger partial charge < -0.3 is 0 Å². The third-order valence-electron chi connectivity index (χ3n) is 4.56. The lowest BCUT2D eigenvalue weighted by Crippen LogP contribution is -1.94. The van der Waals surface area contributed by atoms with E-state index in [4.69, 9.17) is 23.2 Å². The van der Waals surface area contributed by atoms with Crippen LogP contribution in [0.4, 0.5) is 0 Å². The first-order valence-corrected chi connectivity index (χ1v) is 8.77. The summed E-state index contributed by atoms with van der Waals surface area (Å²) >= 11 is 11.5. The third kappa shape index (κ3) is 2.68. The van der Waals surface area contributed by atoms with E-state index >= 15 is 0 Å². The molecule has 4 heteroatoms. The van der Waals surface area contributed by atoms with Gasteiger partial charge in [0, 0.05) is 11.1 Å². The van der Waals surface area contributed by atoms with E-state index in [9.17, 15) is 9.59 Å². The van der Waals surface area contributed by atoms with Gasteiger partial charge in [0.25, 0.3) is 10.5 Å². The van der Waals surface area contributed by atoms with Crippen LogP contribution in [0, 0.1) is 0 Å². The zero-order valence-electron chi connectivity index (χ0n) is 13.5. The summed E-state index contributed by atoms with van der Waals surface area (Å²) in [4.78, 5) is 23.5. The van der Waals surface area contributed by atoms with Crippen molar-refractivity contribution < 1.29 is 9.59 Å². The number of carbonyl (C=O) groups excluding carboxylic acids is 2. The number of fused-ring (bicyclic) bond motifs is 2. The van der Waals surface area contributed by atoms with Gasteiger partial charge in [-0.3, -0.25) is 9.59 Å². The molecule has 0 atom stereocenters. The number of rotatable bonds is 3. The Bertz CT molecular complexity index is 1100. The molecule has 0 aliphatic carbocycles. The number of hydrogen-bond acceptors (Lipinski definition) is 2. The maximum absolute atomic E-state index is 11.8. The second kappa shape index (κ2) is 6.56. The van der Waals surface area contributed by atoms with Crippen LogP contribution >= 0.6 is 23.2 Å². The molecule has 0 spiro atoms. The topological polar surface area (TPSA) is 34.1 Å². The van der Waals surface area contributed by atoms with Crippen molar-refractivity contribution in [1.82, 2.24) is 0 Å². The molecule has 0 saturated heterocycles. The monoisotopic (exact) mass is 378 g/mol. The molecule has 0 bridgehead atoms. The van der Waals surface area contributed by atoms with Crippen molar-refractivity contribution in [2.75, 3.05) is 0 Å². The summed E-state index contributed by atoms with van der Waals surface area (Å²) in [7, 11) is 0. The highest BCUT2D eigenvalue weighted by atomic mass is 35.5. The van der Waals surface area contributed by atoms with Crippen LogP contribution in [0.5, 0.6) is 0 Å². The van der Waals surface area contributed by atoms with Crippen molar-refractivity contribution in [3.05, 3.63) is 83.9 Å². The van der Waals surface area contributed by atoms with E-state index < -0.39 is 10.5 Å². The van der Waals surface area contributed by atoms with Crippen LogP contribution in [-0.4, -0.2) is 10.5 Å². The lowest BCUT2D eigenvalue weighted by molar-refractivity contribution is 0.107. The molecule has 0 unspecified atom stereocenters. The summed E-state index contributed by atoms with van der Waals surface area (Å²) in [5.74, 6) is 0. The SMILES string of the molecule is O=C(Cl)c1cccc2c(-c3cccc4c(C(=O)Cl)cccc34)cccc12. The van der Waals surface area contributed by atoms with E-state index in [1.165, 1.54) is 0 Å². The molecule has 0 saturated carbocycles. The molecular weight excluding hydrogens is 367 g/mol. The first-order valence-electron chi connectivity index (χ1n) is 8.01. The molecule has 0 aliphatic heterocycles. The summed E-state index contributed by atoms with van der Waals surface area (Å²) in [5, 5.41) is 2.47. The Morgan fingerprint density at radius 3 is 1.23 bits per heavy atom. The average molecular weight is 379 g/mol. The van der Waals surface area contributed by atoms with E-state index in [1.807, 2.05) is 60.7 Å². The first kappa shape index (κ1) is 16.8. The molecule has 0 aliphatic rings. The van der Waals surface area contributed by atoms with Crippen LogP contribution in [0.25, 0.3) is 32.7 Å². The van der Waals surface area contributed by atoms with Gasteiger partial charge in [-0.15, -0.1) is 0 Å². The molecule has 0 fully saturated rings. The molecule has 4 rings (SSSR count). The summed E-state index contributed by atoms with van der Waals surface area (Å²) in [6.07, 6.45) is 0. The third-order valence-corrected chi connectivity index (χ3v) is 4.97. The van der Waals surface area contributed by atoms with Gasteiger partial charge in [-0.2, -0.15) is 0 Å². The fraction of sp³-hybridized carbons (Fsp3) is 0. The van der Waals surface area contributed by atoms with Gasteiger partial charge in [-0.1, -0.05) is 60.7 Å². The fourth-order valence-corrected chi connectivity index (χ4v) is 3.76. The van der Waals surface area contributed by atoms with Crippen LogP contribution < -0.4 is 0 Å². The quantitative estimate of drug-likeness (QED) is 0.385. The maximum atomic E-state index is 11.8. The highest BCUT2D eigenvalue weighted by molar-refractivity contribution is 6.69. The molecule has 4 aromatic carbocycles. The van der Waals surface area contributed by atoms with Crippen LogP contribution in [0.3, 0.4) is 0 Å². The zero-order chi connectivity index (χ0) is 18.3. The fourth-order valence-electron chi connectivity index (χ4n) is 3.43. The Labute approximate surface area is 160 Å². The van der Waals surface area contributed by atoms with Crippen LogP contribution in [0.15, 0.2) is 72.8 Å². The minimum atomic E-state index is -0.485. The van der Waals surface area contributed by atoms with Crippen LogP contribution in [-0.2, 0) is 0 Å². The van der Waals surface area contributed by atoms with Gasteiger partial charge in [0.1, 0.15) is 0 Å². The summed E-state index contributed by atoms with van der Waals surface area (Å²) in [6.45, 7) is 0. The number of hydrogen-bond donors (Lipinski definition) is 0. The van der Waals surface area contributed by atoms with Crippen LogP contribution in [0.2, 0.25) is 0 Å². The molecule has 126 valence electrons. The van der Waals surface area contributed by atoms with Crippen molar-refractivity contribution >= 4 is 55.2 Å². The highest BCUT2D eigenvalue weighted by Crippen LogP contribution is 2.36. The Balaban J connectivity index is 2.09. The first-order chi connectivity index (χ1) is 12.6. The smallest absolute Gasteiger partial charge is 0.253 e. The van der Waals surface area contributed by atoms with E-state index in [1.54, 1.807) is 12.1 Å². The Kier molecular flexibility index (Phi) is 4.23. The Morgan fingerprint density at radius 1 is 0.500 bits per heavy atom. The predicted octanol–water partition coefficient (Wildman–Crippen LogP) is 6.42. The van der Waals surface area contributed by atoms with Gasteiger partial charge in [0.2, 0.25) is 0 Å². The summed E-state index contributed by atoms with van der Waals surface area (Å²) in [5.41, 5.74) is 2.88. The Hall–Kier alpha value is -2.68. The van der Waals surface area contributed by atoms with E-state index in [-0.39, 0.29) is 0 Å². The normalized spacial score (nSPS) is 11.0. The Morgan fingerprint density at radius 2 is 0.846 bits per heavy atom. The molecule has 26 heavy (non-hydrogen) atoms. The maximum Gasteiger partial charge on any atom is 0.253 e. The zero-order valence-corrected chi connectivity index (χ0v) is 15.0. The molecule has 2 nitrogen and oxygen atoms in total. The molecule has 4 aromatic rings. The van der Waals surface area contributed by atoms with Gasteiger partial charge >= 0.3 is 0 Å². The van der Waals surface area contributed by atoms with Crippen molar-refractivity contribution in [1.29, 1.82) is 0 Å². The molecule has 0 N–H and O–H groups in total. The lowest BCUT2D eigenvalue weighted by atomic mass is 9.91. The molecule has 0 heterocycles. The number of halogens is 2. The van der Waals surface area contributed by atoms with Crippen LogP contribution in [0.1, 0.15) is 20.7 Å². The number of carbonyl (C=O) groups is 2. The van der Waals surface area contributed by atoms with Gasteiger partial charge in [0.05, 0.1) is 0 Å². The molecule has 0 radical (unpaired) electrons. The molecule has 0 aromatic heterocycles. The van der Waals surface area contributed by atoms with E-state index in [0.29, 0.717) is 11.1 Å². The van der Waals surface area contributed by atoms with Crippen molar-refractivity contribution in [3.8, 4) is 11.1 Å². The minimum Gasteiger partial charge on any atom is -0.276 e. The highest BCUT2D eigenvalue weighted by Gasteiger charge is 2.14. The lowest BCUT2D eigenvalue weighted by Gasteiger charge is -2.12. The minimum absolute atomic E-state index is 0.475. The van der Waals surface area contributed by atoms with Gasteiger partial charge in [0.15, 0.2) is 0 Å². The predicted molar refractivity (Wildman–Crippen MR) is 107 cm³/mol. The molecule has 0 amide bonds. The number of benzene rings is 4. The second-order valence-electron chi connectivity index (χ2n) is 5.96. The van der Waals surface area contributed by atoms with E-state index in [0.717, 1.165) is 32.7 Å². The molecular formula is C22H12Cl2O2. The van der Waals surface area contributed by atoms with Gasteiger partial charge in [-0.25, -0.2) is 0 Å². The van der Waals surface area contributed by atoms with Crippen molar-refractivity contribution in [2.45, 2.75) is 0 Å².